The van der Waals surface area contributed by atoms with Crippen molar-refractivity contribution in [3.05, 3.63) is 27.9 Å². The number of hydrogen-bond acceptors (Lipinski definition) is 5. The maximum Gasteiger partial charge on any atom is 0.317 e. The summed E-state index contributed by atoms with van der Waals surface area (Å²) >= 11 is 0. The number of aromatic nitrogens is 2. The molecule has 0 spiro atoms. The van der Waals surface area contributed by atoms with Crippen molar-refractivity contribution >= 4 is 5.97 Å². The lowest BCUT2D eigenvalue weighted by Crippen LogP contribution is -2.42. The number of H-pyrrole nitrogens is 1. The Morgan fingerprint density at radius 3 is 3.17 bits per heavy atom. The molecule has 0 bridgehead atoms. The largest absolute Gasteiger partial charge is 0.480 e. The first-order chi connectivity index (χ1) is 8.54. The second kappa shape index (κ2) is 5.28. The topological polar surface area (TPSA) is 95.5 Å². The number of aryl methyl sites for hydroxylation is 1. The number of carbonyl (C=O) groups is 1. The van der Waals surface area contributed by atoms with Gasteiger partial charge in [0.1, 0.15) is 11.9 Å². The van der Waals surface area contributed by atoms with E-state index in [1.54, 1.807) is 11.8 Å². The van der Waals surface area contributed by atoms with Gasteiger partial charge in [-0.1, -0.05) is 0 Å². The first-order valence-electron chi connectivity index (χ1n) is 5.68. The van der Waals surface area contributed by atoms with Gasteiger partial charge in [-0.15, -0.1) is 0 Å². The number of carboxylic acids is 1. The molecule has 98 valence electrons. The van der Waals surface area contributed by atoms with Crippen LogP contribution >= 0.6 is 0 Å². The minimum absolute atomic E-state index is 0.0318. The van der Waals surface area contributed by atoms with Crippen LogP contribution < -0.4 is 5.56 Å². The lowest BCUT2D eigenvalue weighted by atomic mass is 10.2. The van der Waals surface area contributed by atoms with E-state index in [0.717, 1.165) is 0 Å². The zero-order chi connectivity index (χ0) is 13.1. The summed E-state index contributed by atoms with van der Waals surface area (Å²) in [6.07, 6.45) is -0.384. The molecule has 0 amide bonds. The van der Waals surface area contributed by atoms with Crippen LogP contribution in [0.25, 0.3) is 0 Å². The highest BCUT2D eigenvalue weighted by Crippen LogP contribution is 2.18. The minimum atomic E-state index is -0.874. The molecule has 0 saturated carbocycles. The molecule has 1 aliphatic rings. The van der Waals surface area contributed by atoms with Gasteiger partial charge < -0.3 is 14.8 Å². The third-order valence-corrected chi connectivity index (χ3v) is 2.70. The van der Waals surface area contributed by atoms with Gasteiger partial charge in [0.2, 0.25) is 0 Å². The number of hydrogen-bond donors (Lipinski definition) is 2. The van der Waals surface area contributed by atoms with E-state index < -0.39 is 5.97 Å². The number of aromatic amines is 1. The van der Waals surface area contributed by atoms with Crippen molar-refractivity contribution < 1.29 is 14.6 Å². The summed E-state index contributed by atoms with van der Waals surface area (Å²) in [7, 11) is 0. The minimum Gasteiger partial charge on any atom is -0.480 e. The number of carboxylic acid groups (broad SMARTS) is 1. The van der Waals surface area contributed by atoms with Crippen LogP contribution in [0.4, 0.5) is 0 Å². The molecule has 2 heterocycles. The maximum atomic E-state index is 11.4. The van der Waals surface area contributed by atoms with Crippen LogP contribution in [0.2, 0.25) is 0 Å². The van der Waals surface area contributed by atoms with E-state index in [1.807, 2.05) is 0 Å². The molecule has 2 N–H and O–H groups in total. The van der Waals surface area contributed by atoms with Crippen LogP contribution in [0.15, 0.2) is 10.9 Å². The van der Waals surface area contributed by atoms with E-state index in [0.29, 0.717) is 31.2 Å². The number of nitrogens with zero attached hydrogens (tertiary/aromatic N) is 2. The predicted molar refractivity (Wildman–Crippen MR) is 62.4 cm³/mol. The van der Waals surface area contributed by atoms with Gasteiger partial charge in [0, 0.05) is 24.8 Å². The molecule has 7 heteroatoms. The fourth-order valence-electron chi connectivity index (χ4n) is 1.96. The molecule has 1 aromatic heterocycles. The van der Waals surface area contributed by atoms with Gasteiger partial charge in [0.05, 0.1) is 13.2 Å². The zero-order valence-corrected chi connectivity index (χ0v) is 10.0. The van der Waals surface area contributed by atoms with Crippen molar-refractivity contribution in [1.82, 2.24) is 14.9 Å². The van der Waals surface area contributed by atoms with Gasteiger partial charge in [0.15, 0.2) is 0 Å². The predicted octanol–water partition coefficient (Wildman–Crippen LogP) is -0.464. The Kier molecular flexibility index (Phi) is 3.73. The van der Waals surface area contributed by atoms with Gasteiger partial charge in [-0.2, -0.15) is 0 Å². The van der Waals surface area contributed by atoms with Crippen LogP contribution in [-0.4, -0.2) is 52.2 Å². The highest BCUT2D eigenvalue weighted by atomic mass is 16.5. The van der Waals surface area contributed by atoms with Crippen molar-refractivity contribution in [2.75, 3.05) is 26.2 Å². The fourth-order valence-corrected chi connectivity index (χ4v) is 1.96. The Labute approximate surface area is 103 Å². The molecular weight excluding hydrogens is 238 g/mol. The van der Waals surface area contributed by atoms with Gasteiger partial charge in [0.25, 0.3) is 5.56 Å². The SMILES string of the molecule is Cc1cc(=O)[nH]c(C2CN(CC(=O)O)CCO2)n1. The third kappa shape index (κ3) is 3.14. The standard InChI is InChI=1S/C11H15N3O4/c1-7-4-9(15)13-11(12-7)8-5-14(2-3-18-8)6-10(16)17/h4,8H,2-3,5-6H2,1H3,(H,16,17)(H,12,13,15). The first kappa shape index (κ1) is 12.7. The molecule has 1 aliphatic heterocycles. The summed E-state index contributed by atoms with van der Waals surface area (Å²) in [6.45, 7) is 3.11. The summed E-state index contributed by atoms with van der Waals surface area (Å²) in [5.41, 5.74) is 0.393. The van der Waals surface area contributed by atoms with Crippen molar-refractivity contribution in [2.24, 2.45) is 0 Å². The lowest BCUT2D eigenvalue weighted by Gasteiger charge is -2.31. The van der Waals surface area contributed by atoms with Crippen molar-refractivity contribution in [1.29, 1.82) is 0 Å². The van der Waals surface area contributed by atoms with Crippen molar-refractivity contribution in [3.8, 4) is 0 Å². The van der Waals surface area contributed by atoms with E-state index >= 15 is 0 Å². The highest BCUT2D eigenvalue weighted by molar-refractivity contribution is 5.69. The van der Waals surface area contributed by atoms with Crippen molar-refractivity contribution in [3.63, 3.8) is 0 Å². The van der Waals surface area contributed by atoms with Gasteiger partial charge in [-0.3, -0.25) is 14.5 Å². The molecule has 18 heavy (non-hydrogen) atoms. The normalized spacial score (nSPS) is 20.8. The smallest absolute Gasteiger partial charge is 0.317 e. The van der Waals surface area contributed by atoms with Crippen LogP contribution in [-0.2, 0) is 9.53 Å². The van der Waals surface area contributed by atoms with E-state index in [9.17, 15) is 9.59 Å². The van der Waals surface area contributed by atoms with E-state index in [4.69, 9.17) is 9.84 Å². The Morgan fingerprint density at radius 2 is 2.50 bits per heavy atom. The van der Waals surface area contributed by atoms with Crippen LogP contribution in [0, 0.1) is 6.92 Å². The molecule has 1 atom stereocenters. The van der Waals surface area contributed by atoms with Crippen molar-refractivity contribution in [2.45, 2.75) is 13.0 Å². The zero-order valence-electron chi connectivity index (χ0n) is 10.0. The van der Waals surface area contributed by atoms with Crippen LogP contribution in [0.3, 0.4) is 0 Å². The second-order valence-corrected chi connectivity index (χ2v) is 4.26. The summed E-state index contributed by atoms with van der Waals surface area (Å²) < 4.78 is 5.52. The molecular formula is C11H15N3O4. The number of nitrogens with one attached hydrogen (secondary N) is 1. The molecule has 1 fully saturated rings. The molecule has 7 nitrogen and oxygen atoms in total. The summed E-state index contributed by atoms with van der Waals surface area (Å²) in [5.74, 6) is -0.420. The average molecular weight is 253 g/mol. The average Bonchev–Trinajstić information content (AvgIpc) is 2.27. The Hall–Kier alpha value is -1.73. The molecule has 1 saturated heterocycles. The molecule has 0 radical (unpaired) electrons. The van der Waals surface area contributed by atoms with E-state index in [2.05, 4.69) is 9.97 Å². The van der Waals surface area contributed by atoms with E-state index in [1.165, 1.54) is 6.07 Å². The summed E-state index contributed by atoms with van der Waals surface area (Å²) in [5, 5.41) is 8.75. The Bertz CT molecular complexity index is 499. The first-order valence-corrected chi connectivity index (χ1v) is 5.68. The Morgan fingerprint density at radius 1 is 1.72 bits per heavy atom. The molecule has 0 aromatic carbocycles. The van der Waals surface area contributed by atoms with Gasteiger partial charge in [-0.25, -0.2) is 4.98 Å². The molecule has 0 aliphatic carbocycles. The molecule has 2 rings (SSSR count). The number of rotatable bonds is 3. The summed E-state index contributed by atoms with van der Waals surface area (Å²) in [6, 6.07) is 1.40. The maximum absolute atomic E-state index is 11.4. The second-order valence-electron chi connectivity index (χ2n) is 4.26. The molecule has 1 unspecified atom stereocenters. The number of ether oxygens (including phenoxy) is 1. The number of morpholine rings is 1. The number of aliphatic carboxylic acids is 1. The third-order valence-electron chi connectivity index (χ3n) is 2.70. The summed E-state index contributed by atoms with van der Waals surface area (Å²) in [4.78, 5) is 30.6. The fraction of sp³-hybridized carbons (Fsp3) is 0.545. The molecule has 1 aromatic rings. The van der Waals surface area contributed by atoms with E-state index in [-0.39, 0.29) is 18.2 Å². The van der Waals surface area contributed by atoms with Crippen LogP contribution in [0.1, 0.15) is 17.6 Å². The lowest BCUT2D eigenvalue weighted by molar-refractivity contribution is -0.140. The van der Waals surface area contributed by atoms with Gasteiger partial charge >= 0.3 is 5.97 Å². The van der Waals surface area contributed by atoms with Gasteiger partial charge in [-0.05, 0) is 6.92 Å². The monoisotopic (exact) mass is 253 g/mol. The highest BCUT2D eigenvalue weighted by Gasteiger charge is 2.25. The van der Waals surface area contributed by atoms with Crippen LogP contribution in [0.5, 0.6) is 0 Å². The quantitative estimate of drug-likeness (QED) is 0.756. The Balaban J connectivity index is 2.12.